The summed E-state index contributed by atoms with van der Waals surface area (Å²) < 4.78 is 2.10. The normalized spacial score (nSPS) is 18.1. The van der Waals surface area contributed by atoms with Crippen LogP contribution in [0.4, 0.5) is 10.9 Å². The van der Waals surface area contributed by atoms with Gasteiger partial charge in [-0.1, -0.05) is 0 Å². The highest BCUT2D eigenvalue weighted by molar-refractivity contribution is 7.13. The highest BCUT2D eigenvalue weighted by atomic mass is 32.1. The zero-order valence-electron chi connectivity index (χ0n) is 14.9. The van der Waals surface area contributed by atoms with Gasteiger partial charge in [0.1, 0.15) is 12.1 Å². The zero-order valence-corrected chi connectivity index (χ0v) is 15.7. The lowest BCUT2D eigenvalue weighted by atomic mass is 9.93. The molecule has 1 aliphatic rings. The molecule has 1 aliphatic heterocycles. The van der Waals surface area contributed by atoms with Crippen LogP contribution in [0.3, 0.4) is 0 Å². The van der Waals surface area contributed by atoms with Crippen LogP contribution in [0.2, 0.25) is 0 Å². The molecule has 4 heterocycles. The van der Waals surface area contributed by atoms with Crippen molar-refractivity contribution in [1.82, 2.24) is 29.4 Å². The first kappa shape index (κ1) is 17.1. The summed E-state index contributed by atoms with van der Waals surface area (Å²) in [6, 6.07) is 2.04. The van der Waals surface area contributed by atoms with Crippen molar-refractivity contribution in [3.8, 4) is 0 Å². The lowest BCUT2D eigenvalue weighted by Crippen LogP contribution is -2.36. The maximum absolute atomic E-state index is 4.48. The molecule has 0 radical (unpaired) electrons. The van der Waals surface area contributed by atoms with E-state index in [0.717, 1.165) is 42.7 Å². The van der Waals surface area contributed by atoms with Crippen molar-refractivity contribution in [2.75, 3.05) is 18.4 Å². The molecule has 0 bridgehead atoms. The molecule has 0 unspecified atom stereocenters. The number of imidazole rings is 1. The van der Waals surface area contributed by atoms with Gasteiger partial charge in [-0.05, 0) is 31.7 Å². The molecule has 136 valence electrons. The number of thiazole rings is 1. The van der Waals surface area contributed by atoms with E-state index in [0.29, 0.717) is 5.92 Å². The maximum atomic E-state index is 4.48. The summed E-state index contributed by atoms with van der Waals surface area (Å²) in [6.07, 6.45) is 10.7. The molecule has 1 saturated heterocycles. The molecule has 0 aliphatic carbocycles. The van der Waals surface area contributed by atoms with E-state index in [1.165, 1.54) is 18.5 Å². The fourth-order valence-electron chi connectivity index (χ4n) is 3.50. The van der Waals surface area contributed by atoms with E-state index in [4.69, 9.17) is 0 Å². The Kier molecular flexibility index (Phi) is 5.21. The van der Waals surface area contributed by atoms with Gasteiger partial charge in [-0.25, -0.2) is 19.9 Å². The van der Waals surface area contributed by atoms with Crippen LogP contribution in [-0.2, 0) is 20.0 Å². The lowest BCUT2D eigenvalue weighted by molar-refractivity contribution is 0.163. The van der Waals surface area contributed by atoms with Gasteiger partial charge >= 0.3 is 0 Å². The number of aromatic nitrogens is 5. The molecule has 0 aromatic carbocycles. The lowest BCUT2D eigenvalue weighted by Gasteiger charge is -2.32. The average molecular weight is 369 g/mol. The van der Waals surface area contributed by atoms with E-state index in [1.54, 1.807) is 23.9 Å². The fraction of sp³-hybridized carbons (Fsp3) is 0.444. The van der Waals surface area contributed by atoms with E-state index in [-0.39, 0.29) is 0 Å². The molecule has 0 amide bonds. The third-order valence-corrected chi connectivity index (χ3v) is 5.48. The molecule has 1 atom stereocenters. The monoisotopic (exact) mass is 369 g/mol. The Morgan fingerprint density at radius 1 is 1.31 bits per heavy atom. The van der Waals surface area contributed by atoms with Crippen LogP contribution in [0.25, 0.3) is 0 Å². The highest BCUT2D eigenvalue weighted by Gasteiger charge is 2.21. The van der Waals surface area contributed by atoms with Gasteiger partial charge in [0.25, 0.3) is 0 Å². The summed E-state index contributed by atoms with van der Waals surface area (Å²) in [4.78, 5) is 19.8. The van der Waals surface area contributed by atoms with Gasteiger partial charge in [-0.3, -0.25) is 4.90 Å². The van der Waals surface area contributed by atoms with Gasteiger partial charge in [-0.2, -0.15) is 0 Å². The van der Waals surface area contributed by atoms with Crippen molar-refractivity contribution >= 4 is 22.3 Å². The SMILES string of the molecule is Cn1cncc1CN1CCC[C@@H](Cc2cc(Nc3nccs3)ncn2)C1. The van der Waals surface area contributed by atoms with E-state index in [2.05, 4.69) is 41.8 Å². The first-order valence-electron chi connectivity index (χ1n) is 8.91. The number of likely N-dealkylation sites (tertiary alicyclic amines) is 1. The smallest absolute Gasteiger partial charge is 0.188 e. The fourth-order valence-corrected chi connectivity index (χ4v) is 4.03. The van der Waals surface area contributed by atoms with Crippen molar-refractivity contribution in [3.05, 3.63) is 47.9 Å². The van der Waals surface area contributed by atoms with Crippen LogP contribution in [0, 0.1) is 5.92 Å². The molecule has 8 heteroatoms. The Bertz CT molecular complexity index is 830. The van der Waals surface area contributed by atoms with Crippen molar-refractivity contribution in [2.24, 2.45) is 13.0 Å². The van der Waals surface area contributed by atoms with Gasteiger partial charge in [0.2, 0.25) is 0 Å². The van der Waals surface area contributed by atoms with Crippen LogP contribution >= 0.6 is 11.3 Å². The molecule has 0 saturated carbocycles. The summed E-state index contributed by atoms with van der Waals surface area (Å²) in [6.45, 7) is 3.22. The molecule has 0 spiro atoms. The number of anilines is 2. The number of hydrogen-bond donors (Lipinski definition) is 1. The second-order valence-electron chi connectivity index (χ2n) is 6.80. The van der Waals surface area contributed by atoms with Gasteiger partial charge in [0.05, 0.1) is 12.0 Å². The number of nitrogens with one attached hydrogen (secondary N) is 1. The van der Waals surface area contributed by atoms with E-state index in [1.807, 2.05) is 24.0 Å². The van der Waals surface area contributed by atoms with Gasteiger partial charge in [0.15, 0.2) is 5.13 Å². The zero-order chi connectivity index (χ0) is 17.8. The molecule has 3 aromatic rings. The standard InChI is InChI=1S/C18H23N7S/c1-24-13-19-9-16(24)11-25-5-2-3-14(10-25)7-15-8-17(22-12-21-15)23-18-20-4-6-26-18/h4,6,8-9,12-14H,2-3,5,7,10-11H2,1H3,(H,20,21,22,23)/t14-/m0/s1. The van der Waals surface area contributed by atoms with E-state index in [9.17, 15) is 0 Å². The van der Waals surface area contributed by atoms with Gasteiger partial charge in [0, 0.05) is 49.7 Å². The second-order valence-corrected chi connectivity index (χ2v) is 7.69. The Labute approximate surface area is 157 Å². The van der Waals surface area contributed by atoms with Crippen LogP contribution in [0.1, 0.15) is 24.2 Å². The third-order valence-electron chi connectivity index (χ3n) is 4.79. The molecule has 1 N–H and O–H groups in total. The van der Waals surface area contributed by atoms with Gasteiger partial charge in [-0.15, -0.1) is 11.3 Å². The number of nitrogens with zero attached hydrogens (tertiary/aromatic N) is 6. The second kappa shape index (κ2) is 7.92. The van der Waals surface area contributed by atoms with Crippen molar-refractivity contribution < 1.29 is 0 Å². The van der Waals surface area contributed by atoms with Crippen LogP contribution < -0.4 is 5.32 Å². The summed E-state index contributed by atoms with van der Waals surface area (Å²) in [5.41, 5.74) is 2.36. The minimum absolute atomic E-state index is 0.625. The molecule has 7 nitrogen and oxygen atoms in total. The number of rotatable bonds is 6. The number of piperidine rings is 1. The minimum atomic E-state index is 0.625. The van der Waals surface area contributed by atoms with Crippen molar-refractivity contribution in [2.45, 2.75) is 25.8 Å². The third kappa shape index (κ3) is 4.25. The van der Waals surface area contributed by atoms with E-state index >= 15 is 0 Å². The first-order chi connectivity index (χ1) is 12.8. The van der Waals surface area contributed by atoms with Gasteiger partial charge < -0.3 is 9.88 Å². The largest absolute Gasteiger partial charge is 0.337 e. The molecule has 1 fully saturated rings. The van der Waals surface area contributed by atoms with Crippen LogP contribution in [0.15, 0.2) is 36.5 Å². The Morgan fingerprint density at radius 2 is 2.27 bits per heavy atom. The van der Waals surface area contributed by atoms with Crippen LogP contribution in [0.5, 0.6) is 0 Å². The predicted molar refractivity (Wildman–Crippen MR) is 102 cm³/mol. The van der Waals surface area contributed by atoms with E-state index < -0.39 is 0 Å². The Balaban J connectivity index is 1.36. The molecule has 3 aromatic heterocycles. The first-order valence-corrected chi connectivity index (χ1v) is 9.79. The summed E-state index contributed by atoms with van der Waals surface area (Å²) in [5, 5.41) is 6.05. The molecular formula is C18H23N7S. The summed E-state index contributed by atoms with van der Waals surface area (Å²) in [5.74, 6) is 1.44. The molecule has 26 heavy (non-hydrogen) atoms. The quantitative estimate of drug-likeness (QED) is 0.720. The summed E-state index contributed by atoms with van der Waals surface area (Å²) >= 11 is 1.57. The Morgan fingerprint density at radius 3 is 3.08 bits per heavy atom. The topological polar surface area (TPSA) is 71.8 Å². The molecule has 4 rings (SSSR count). The van der Waals surface area contributed by atoms with Crippen molar-refractivity contribution in [1.29, 1.82) is 0 Å². The van der Waals surface area contributed by atoms with Crippen molar-refractivity contribution in [3.63, 3.8) is 0 Å². The number of hydrogen-bond acceptors (Lipinski definition) is 7. The van der Waals surface area contributed by atoms with Crippen LogP contribution in [-0.4, -0.2) is 42.5 Å². The Hall–Kier alpha value is -2.32. The average Bonchev–Trinajstić information content (AvgIpc) is 3.28. The number of aryl methyl sites for hydroxylation is 1. The molecular weight excluding hydrogens is 346 g/mol. The predicted octanol–water partition coefficient (Wildman–Crippen LogP) is 2.86. The maximum Gasteiger partial charge on any atom is 0.188 e. The minimum Gasteiger partial charge on any atom is -0.337 e. The highest BCUT2D eigenvalue weighted by Crippen LogP contribution is 2.23. The summed E-state index contributed by atoms with van der Waals surface area (Å²) in [7, 11) is 2.06.